The van der Waals surface area contributed by atoms with Gasteiger partial charge in [0, 0.05) is 6.20 Å². The molecule has 0 saturated carbocycles. The summed E-state index contributed by atoms with van der Waals surface area (Å²) in [6, 6.07) is 1.75. The van der Waals surface area contributed by atoms with Crippen LogP contribution in [0.4, 0.5) is 0 Å². The van der Waals surface area contributed by atoms with E-state index < -0.39 is 0 Å². The van der Waals surface area contributed by atoms with Crippen molar-refractivity contribution in [2.24, 2.45) is 0 Å². The minimum atomic E-state index is -0.232. The van der Waals surface area contributed by atoms with Gasteiger partial charge in [-0.2, -0.15) is 0 Å². The van der Waals surface area contributed by atoms with Gasteiger partial charge in [0.2, 0.25) is 0 Å². The summed E-state index contributed by atoms with van der Waals surface area (Å²) in [6.45, 7) is 1.91. The Hall–Kier alpha value is -2.77. The number of aromatic nitrogens is 5. The zero-order valence-corrected chi connectivity index (χ0v) is 9.98. The Morgan fingerprint density at radius 3 is 3.05 bits per heavy atom. The zero-order valence-electron chi connectivity index (χ0n) is 9.98. The maximum absolute atomic E-state index is 12.3. The minimum Gasteiger partial charge on any atom is -0.345 e. The third-order valence-corrected chi connectivity index (χ3v) is 2.75. The first-order chi connectivity index (χ1) is 9.15. The fourth-order valence-corrected chi connectivity index (χ4v) is 1.84. The molecule has 3 rings (SSSR count). The fraction of sp³-hybridized carbons (Fsp3) is 0.182. The van der Waals surface area contributed by atoms with Crippen molar-refractivity contribution in [3.63, 3.8) is 0 Å². The van der Waals surface area contributed by atoms with Crippen LogP contribution in [-0.2, 0) is 6.54 Å². The van der Waals surface area contributed by atoms with Gasteiger partial charge in [0.05, 0.1) is 17.0 Å². The normalized spacial score (nSPS) is 11.0. The Labute approximate surface area is 106 Å². The summed E-state index contributed by atoms with van der Waals surface area (Å²) in [7, 11) is 0. The average molecular weight is 259 g/mol. The van der Waals surface area contributed by atoms with Crippen molar-refractivity contribution in [3.05, 3.63) is 51.7 Å². The van der Waals surface area contributed by atoms with Gasteiger partial charge in [0.25, 0.3) is 5.56 Å². The topological polar surface area (TPSA) is 101 Å². The molecule has 96 valence electrons. The Balaban J connectivity index is 2.13. The number of aryl methyl sites for hydroxylation is 1. The summed E-state index contributed by atoms with van der Waals surface area (Å²) < 4.78 is 6.08. The lowest BCUT2D eigenvalue weighted by Crippen LogP contribution is -2.26. The number of rotatable bonds is 2. The molecule has 0 fully saturated rings. The molecule has 0 N–H and O–H groups in total. The molecule has 3 aromatic rings. The van der Waals surface area contributed by atoms with Crippen LogP contribution in [0, 0.1) is 12.1 Å². The molecule has 19 heavy (non-hydrogen) atoms. The molecule has 8 heteroatoms. The molecular formula is C11H9N5O3. The lowest BCUT2D eigenvalue weighted by molar-refractivity contribution is -0.841. The summed E-state index contributed by atoms with van der Waals surface area (Å²) >= 11 is 0. The Kier molecular flexibility index (Phi) is 2.48. The van der Waals surface area contributed by atoms with Gasteiger partial charge in [0.15, 0.2) is 10.7 Å². The van der Waals surface area contributed by atoms with Crippen molar-refractivity contribution in [1.29, 1.82) is 0 Å². The summed E-state index contributed by atoms with van der Waals surface area (Å²) in [6.07, 6.45) is 4.24. The fourth-order valence-electron chi connectivity index (χ4n) is 1.84. The summed E-state index contributed by atoms with van der Waals surface area (Å²) in [4.78, 5) is 20.4. The van der Waals surface area contributed by atoms with Crippen molar-refractivity contribution >= 4 is 11.0 Å². The molecule has 0 spiro atoms. The summed E-state index contributed by atoms with van der Waals surface area (Å²) in [5.41, 5.74) is 0.968. The molecule has 0 aromatic carbocycles. The molecule has 0 aliphatic carbocycles. The van der Waals surface area contributed by atoms with Crippen molar-refractivity contribution in [3.8, 4) is 0 Å². The second-order valence-corrected chi connectivity index (χ2v) is 4.04. The lowest BCUT2D eigenvalue weighted by Gasteiger charge is -2.05. The largest absolute Gasteiger partial charge is 0.345 e. The van der Waals surface area contributed by atoms with Gasteiger partial charge in [-0.05, 0) is 18.6 Å². The predicted molar refractivity (Wildman–Crippen MR) is 63.1 cm³/mol. The molecular weight excluding hydrogens is 250 g/mol. The van der Waals surface area contributed by atoms with Crippen LogP contribution in [0.5, 0.6) is 0 Å². The predicted octanol–water partition coefficient (Wildman–Crippen LogP) is -0.230. The number of fused-ring (bicyclic) bond motifs is 1. The minimum absolute atomic E-state index is 0.0850. The van der Waals surface area contributed by atoms with Gasteiger partial charge >= 0.3 is 0 Å². The number of hydrogen-bond donors (Lipinski definition) is 0. The van der Waals surface area contributed by atoms with Gasteiger partial charge in [-0.15, -0.1) is 0 Å². The Bertz CT molecular complexity index is 807. The van der Waals surface area contributed by atoms with Gasteiger partial charge in [-0.3, -0.25) is 9.36 Å². The smallest absolute Gasteiger partial charge is 0.263 e. The van der Waals surface area contributed by atoms with Crippen LogP contribution >= 0.6 is 0 Å². The quantitative estimate of drug-likeness (QED) is 0.589. The highest BCUT2D eigenvalue weighted by Gasteiger charge is 2.09. The summed E-state index contributed by atoms with van der Waals surface area (Å²) in [5, 5.41) is 14.7. The van der Waals surface area contributed by atoms with Gasteiger partial charge < -0.3 is 4.52 Å². The van der Waals surface area contributed by atoms with E-state index in [0.29, 0.717) is 11.0 Å². The molecule has 0 saturated heterocycles. The van der Waals surface area contributed by atoms with E-state index in [0.717, 1.165) is 5.56 Å². The van der Waals surface area contributed by atoms with Crippen LogP contribution in [0.15, 0.2) is 34.1 Å². The Morgan fingerprint density at radius 2 is 2.32 bits per heavy atom. The van der Waals surface area contributed by atoms with E-state index in [4.69, 9.17) is 4.52 Å². The van der Waals surface area contributed by atoms with Crippen molar-refractivity contribution in [2.75, 3.05) is 0 Å². The molecule has 0 atom stereocenters. The molecule has 3 heterocycles. The first-order valence-electron chi connectivity index (χ1n) is 5.51. The van der Waals surface area contributed by atoms with E-state index in [1.165, 1.54) is 17.1 Å². The van der Waals surface area contributed by atoms with Crippen molar-refractivity contribution in [2.45, 2.75) is 13.5 Å². The third-order valence-electron chi connectivity index (χ3n) is 2.75. The van der Waals surface area contributed by atoms with Crippen LogP contribution in [0.3, 0.4) is 0 Å². The van der Waals surface area contributed by atoms with Crippen LogP contribution in [-0.4, -0.2) is 19.6 Å². The number of nitrogens with zero attached hydrogens (tertiary/aromatic N) is 5. The van der Waals surface area contributed by atoms with Crippen LogP contribution < -0.4 is 10.6 Å². The van der Waals surface area contributed by atoms with Crippen LogP contribution in [0.25, 0.3) is 11.0 Å². The monoisotopic (exact) mass is 259 g/mol. The van der Waals surface area contributed by atoms with E-state index in [9.17, 15) is 10.0 Å². The van der Waals surface area contributed by atoms with E-state index in [1.54, 1.807) is 12.3 Å². The van der Waals surface area contributed by atoms with Crippen LogP contribution in [0.1, 0.15) is 11.3 Å². The first kappa shape index (κ1) is 11.3. The van der Waals surface area contributed by atoms with E-state index in [2.05, 4.69) is 15.1 Å². The Morgan fingerprint density at radius 1 is 1.47 bits per heavy atom. The van der Waals surface area contributed by atoms with Gasteiger partial charge in [0.1, 0.15) is 18.3 Å². The van der Waals surface area contributed by atoms with E-state index in [-0.39, 0.29) is 22.9 Å². The number of hydrogen-bond acceptors (Lipinski definition) is 6. The lowest BCUT2D eigenvalue weighted by atomic mass is 10.2. The number of pyridine rings is 1. The first-order valence-corrected chi connectivity index (χ1v) is 5.51. The molecule has 3 aromatic heterocycles. The van der Waals surface area contributed by atoms with Crippen molar-refractivity contribution in [1.82, 2.24) is 19.6 Å². The molecule has 0 amide bonds. The molecule has 0 aliphatic heterocycles. The zero-order chi connectivity index (χ0) is 13.4. The highest BCUT2D eigenvalue weighted by molar-refractivity contribution is 5.76. The average Bonchev–Trinajstić information content (AvgIpc) is 2.78. The van der Waals surface area contributed by atoms with Gasteiger partial charge in [-0.1, -0.05) is 0 Å². The van der Waals surface area contributed by atoms with Gasteiger partial charge in [-0.25, -0.2) is 15.2 Å². The van der Waals surface area contributed by atoms with Crippen LogP contribution in [0.2, 0.25) is 0 Å². The summed E-state index contributed by atoms with van der Waals surface area (Å²) in [5.74, 6) is 0.278. The molecule has 0 aliphatic rings. The van der Waals surface area contributed by atoms with E-state index >= 15 is 0 Å². The third kappa shape index (κ3) is 1.92. The maximum atomic E-state index is 12.3. The highest BCUT2D eigenvalue weighted by atomic mass is 16.7. The highest BCUT2D eigenvalue weighted by Crippen LogP contribution is 2.08. The van der Waals surface area contributed by atoms with Crippen molar-refractivity contribution < 1.29 is 9.54 Å². The second kappa shape index (κ2) is 4.16. The SMILES string of the molecule is Cc1ccnc2ncn(Cc3cn[n+]([O-])o3)c(=O)c12. The molecule has 8 nitrogen and oxygen atoms in total. The van der Waals surface area contributed by atoms with E-state index in [1.807, 2.05) is 6.92 Å². The molecule has 0 bridgehead atoms. The second-order valence-electron chi connectivity index (χ2n) is 4.04. The molecule has 0 unspecified atom stereocenters. The molecule has 0 radical (unpaired) electrons. The maximum Gasteiger partial charge on any atom is 0.263 e. The standard InChI is InChI=1S/C11H9N5O3/c1-7-2-3-12-10-9(7)11(17)15(6-13-10)5-8-4-14-16(18)19-8/h2-4,6H,5H2,1H3.